The molecule has 1 fully saturated rings. The fourth-order valence-electron chi connectivity index (χ4n) is 3.43. The Morgan fingerprint density at radius 3 is 2.62 bits per heavy atom. The highest BCUT2D eigenvalue weighted by molar-refractivity contribution is 6.30. The van der Waals surface area contributed by atoms with E-state index in [-0.39, 0.29) is 30.9 Å². The molecule has 0 radical (unpaired) electrons. The first-order valence-electron chi connectivity index (χ1n) is 9.92. The van der Waals surface area contributed by atoms with Crippen LogP contribution in [0.2, 0.25) is 5.02 Å². The number of benzene rings is 2. The summed E-state index contributed by atoms with van der Waals surface area (Å²) < 4.78 is 5.69. The zero-order valence-corrected chi connectivity index (χ0v) is 17.7. The third-order valence-corrected chi connectivity index (χ3v) is 5.53. The summed E-state index contributed by atoms with van der Waals surface area (Å²) in [6.07, 6.45) is 2.10. The minimum atomic E-state index is -0.207. The Kier molecular flexibility index (Phi) is 7.29. The summed E-state index contributed by atoms with van der Waals surface area (Å²) in [5, 5.41) is 3.57. The number of hydrogen-bond acceptors (Lipinski definition) is 3. The number of carbonyl (C=O) groups excluding carboxylic acids is 2. The van der Waals surface area contributed by atoms with Crippen molar-refractivity contribution in [2.75, 3.05) is 25.0 Å². The first-order chi connectivity index (χ1) is 13.9. The average Bonchev–Trinajstić information content (AvgIpc) is 3.20. The molecule has 1 aliphatic rings. The summed E-state index contributed by atoms with van der Waals surface area (Å²) in [5.41, 5.74) is 3.78. The standard InChI is InChI=1S/C23H27ClN2O3/c1-16-5-3-7-21(17(16)2)25-22(27)15-26(14-20-6-4-12-29-20)23(28)13-18-8-10-19(24)11-9-18/h3,5,7-11,20H,4,6,12-15H2,1-2H3,(H,25,27). The van der Waals surface area contributed by atoms with E-state index in [9.17, 15) is 9.59 Å². The molecule has 1 N–H and O–H groups in total. The summed E-state index contributed by atoms with van der Waals surface area (Å²) in [6.45, 7) is 5.11. The van der Waals surface area contributed by atoms with Crippen LogP contribution < -0.4 is 5.32 Å². The van der Waals surface area contributed by atoms with E-state index in [1.165, 1.54) is 0 Å². The number of hydrogen-bond donors (Lipinski definition) is 1. The van der Waals surface area contributed by atoms with Gasteiger partial charge in [0.25, 0.3) is 0 Å². The van der Waals surface area contributed by atoms with Crippen LogP contribution in [0, 0.1) is 13.8 Å². The fraction of sp³-hybridized carbons (Fsp3) is 0.391. The number of nitrogens with zero attached hydrogens (tertiary/aromatic N) is 1. The maximum atomic E-state index is 13.0. The number of ether oxygens (including phenoxy) is 1. The van der Waals surface area contributed by atoms with Gasteiger partial charge in [-0.05, 0) is 61.6 Å². The van der Waals surface area contributed by atoms with Crippen LogP contribution in [-0.2, 0) is 20.7 Å². The largest absolute Gasteiger partial charge is 0.376 e. The number of aryl methyl sites for hydroxylation is 1. The molecule has 1 atom stereocenters. The van der Waals surface area contributed by atoms with Gasteiger partial charge in [0.15, 0.2) is 0 Å². The van der Waals surface area contributed by atoms with Gasteiger partial charge in [0, 0.05) is 23.9 Å². The van der Waals surface area contributed by atoms with Crippen molar-refractivity contribution in [3.63, 3.8) is 0 Å². The second-order valence-corrected chi connectivity index (χ2v) is 7.94. The predicted molar refractivity (Wildman–Crippen MR) is 115 cm³/mol. The summed E-state index contributed by atoms with van der Waals surface area (Å²) in [4.78, 5) is 27.3. The van der Waals surface area contributed by atoms with E-state index in [0.29, 0.717) is 18.2 Å². The van der Waals surface area contributed by atoms with Gasteiger partial charge in [-0.25, -0.2) is 0 Å². The van der Waals surface area contributed by atoms with Crippen LogP contribution in [0.3, 0.4) is 0 Å². The lowest BCUT2D eigenvalue weighted by molar-refractivity contribution is -0.135. The van der Waals surface area contributed by atoms with Gasteiger partial charge >= 0.3 is 0 Å². The highest BCUT2D eigenvalue weighted by Crippen LogP contribution is 2.19. The third kappa shape index (κ3) is 6.05. The zero-order valence-electron chi connectivity index (χ0n) is 16.9. The van der Waals surface area contributed by atoms with E-state index in [4.69, 9.17) is 16.3 Å². The summed E-state index contributed by atoms with van der Waals surface area (Å²) in [7, 11) is 0. The van der Waals surface area contributed by atoms with Gasteiger partial charge in [0.2, 0.25) is 11.8 Å². The van der Waals surface area contributed by atoms with Crippen LogP contribution in [0.25, 0.3) is 0 Å². The number of carbonyl (C=O) groups is 2. The van der Waals surface area contributed by atoms with Crippen molar-refractivity contribution in [1.29, 1.82) is 0 Å². The van der Waals surface area contributed by atoms with E-state index in [1.54, 1.807) is 17.0 Å². The zero-order chi connectivity index (χ0) is 20.8. The SMILES string of the molecule is Cc1cccc(NC(=O)CN(CC2CCCO2)C(=O)Cc2ccc(Cl)cc2)c1C. The molecule has 3 rings (SSSR count). The number of amides is 2. The highest BCUT2D eigenvalue weighted by Gasteiger charge is 2.24. The minimum absolute atomic E-state index is 0.000332. The molecule has 0 aliphatic carbocycles. The average molecular weight is 415 g/mol. The molecule has 0 bridgehead atoms. The summed E-state index contributed by atoms with van der Waals surface area (Å²) in [6, 6.07) is 13.0. The molecule has 2 aromatic carbocycles. The van der Waals surface area contributed by atoms with Crippen molar-refractivity contribution in [3.05, 3.63) is 64.2 Å². The summed E-state index contributed by atoms with van der Waals surface area (Å²) in [5.74, 6) is -0.305. The van der Waals surface area contributed by atoms with Crippen LogP contribution in [-0.4, -0.2) is 42.5 Å². The molecule has 0 spiro atoms. The normalized spacial score (nSPS) is 15.9. The number of nitrogens with one attached hydrogen (secondary N) is 1. The lowest BCUT2D eigenvalue weighted by Crippen LogP contribution is -2.43. The van der Waals surface area contributed by atoms with E-state index < -0.39 is 0 Å². The monoisotopic (exact) mass is 414 g/mol. The van der Waals surface area contributed by atoms with E-state index >= 15 is 0 Å². The van der Waals surface area contributed by atoms with Crippen LogP contribution in [0.5, 0.6) is 0 Å². The van der Waals surface area contributed by atoms with Gasteiger partial charge in [-0.3, -0.25) is 9.59 Å². The number of rotatable bonds is 7. The van der Waals surface area contributed by atoms with Gasteiger partial charge in [0.05, 0.1) is 19.1 Å². The van der Waals surface area contributed by atoms with Gasteiger partial charge in [-0.2, -0.15) is 0 Å². The molecule has 0 saturated carbocycles. The maximum Gasteiger partial charge on any atom is 0.244 e. The Balaban J connectivity index is 1.68. The first-order valence-corrected chi connectivity index (χ1v) is 10.3. The molecule has 1 unspecified atom stereocenters. The first kappa shape index (κ1) is 21.3. The molecule has 6 heteroatoms. The smallest absolute Gasteiger partial charge is 0.244 e. The molecular formula is C23H27ClN2O3. The van der Waals surface area contributed by atoms with Gasteiger partial charge < -0.3 is 15.0 Å². The van der Waals surface area contributed by atoms with Gasteiger partial charge in [0.1, 0.15) is 0 Å². The molecule has 5 nitrogen and oxygen atoms in total. The second-order valence-electron chi connectivity index (χ2n) is 7.51. The van der Waals surface area contributed by atoms with E-state index in [0.717, 1.165) is 35.2 Å². The van der Waals surface area contributed by atoms with Crippen molar-refractivity contribution in [1.82, 2.24) is 4.90 Å². The van der Waals surface area contributed by atoms with Crippen molar-refractivity contribution in [2.24, 2.45) is 0 Å². The molecule has 0 aromatic heterocycles. The second kappa shape index (κ2) is 9.90. The van der Waals surface area contributed by atoms with Crippen LogP contribution in [0.15, 0.2) is 42.5 Å². The molecule has 1 saturated heterocycles. The molecular weight excluding hydrogens is 388 g/mol. The van der Waals surface area contributed by atoms with Crippen molar-refractivity contribution < 1.29 is 14.3 Å². The highest BCUT2D eigenvalue weighted by atomic mass is 35.5. The summed E-state index contributed by atoms with van der Waals surface area (Å²) >= 11 is 5.93. The molecule has 29 heavy (non-hydrogen) atoms. The molecule has 154 valence electrons. The van der Waals surface area contributed by atoms with Gasteiger partial charge in [-0.1, -0.05) is 35.9 Å². The van der Waals surface area contributed by atoms with Crippen molar-refractivity contribution >= 4 is 29.1 Å². The van der Waals surface area contributed by atoms with Crippen LogP contribution in [0.4, 0.5) is 5.69 Å². The van der Waals surface area contributed by atoms with Crippen molar-refractivity contribution in [2.45, 2.75) is 39.2 Å². The lowest BCUT2D eigenvalue weighted by Gasteiger charge is -2.25. The number of halogens is 1. The molecule has 2 amide bonds. The topological polar surface area (TPSA) is 58.6 Å². The third-order valence-electron chi connectivity index (χ3n) is 5.28. The molecule has 1 aliphatic heterocycles. The quantitative estimate of drug-likeness (QED) is 0.740. The van der Waals surface area contributed by atoms with Crippen molar-refractivity contribution in [3.8, 4) is 0 Å². The Morgan fingerprint density at radius 2 is 1.93 bits per heavy atom. The Labute approximate surface area is 177 Å². The van der Waals surface area contributed by atoms with Gasteiger partial charge in [-0.15, -0.1) is 0 Å². The van der Waals surface area contributed by atoms with E-state index in [1.807, 2.05) is 44.2 Å². The molecule has 2 aromatic rings. The van der Waals surface area contributed by atoms with Crippen LogP contribution >= 0.6 is 11.6 Å². The lowest BCUT2D eigenvalue weighted by atomic mass is 10.1. The Morgan fingerprint density at radius 1 is 1.17 bits per heavy atom. The maximum absolute atomic E-state index is 13.0. The molecule has 1 heterocycles. The minimum Gasteiger partial charge on any atom is -0.376 e. The van der Waals surface area contributed by atoms with E-state index in [2.05, 4.69) is 5.32 Å². The Hall–Kier alpha value is -2.37. The number of anilines is 1. The van der Waals surface area contributed by atoms with Crippen LogP contribution in [0.1, 0.15) is 29.5 Å². The Bertz CT molecular complexity index is 861. The predicted octanol–water partition coefficient (Wildman–Crippen LogP) is 4.15. The fourth-order valence-corrected chi connectivity index (χ4v) is 3.55.